The van der Waals surface area contributed by atoms with Crippen molar-refractivity contribution in [1.82, 2.24) is 0 Å². The minimum atomic E-state index is -0.205. The molecule has 0 aliphatic carbocycles. The summed E-state index contributed by atoms with van der Waals surface area (Å²) in [4.78, 5) is 0. The third kappa shape index (κ3) is 5.45. The first-order valence-electron chi connectivity index (χ1n) is 10.4. The van der Waals surface area contributed by atoms with Gasteiger partial charge in [-0.3, -0.25) is 0 Å². The summed E-state index contributed by atoms with van der Waals surface area (Å²) in [6.07, 6.45) is 0.323. The Balaban J connectivity index is 1.44. The van der Waals surface area contributed by atoms with E-state index in [0.29, 0.717) is 19.8 Å². The number of ether oxygens (including phenoxy) is 3. The summed E-state index contributed by atoms with van der Waals surface area (Å²) in [5.74, 6) is 0. The maximum Gasteiger partial charge on any atom is 0.112 e. The second kappa shape index (κ2) is 10.4. The van der Waals surface area contributed by atoms with Crippen LogP contribution in [-0.2, 0) is 27.4 Å². The van der Waals surface area contributed by atoms with E-state index in [9.17, 15) is 0 Å². The molecule has 0 saturated carbocycles. The minimum absolute atomic E-state index is 0.0272. The van der Waals surface area contributed by atoms with Gasteiger partial charge in [-0.25, -0.2) is 0 Å². The predicted octanol–water partition coefficient (Wildman–Crippen LogP) is 5.88. The topological polar surface area (TPSA) is 27.7 Å². The van der Waals surface area contributed by atoms with Gasteiger partial charge in [0.05, 0.1) is 25.9 Å². The molecule has 3 aromatic carbocycles. The lowest BCUT2D eigenvalue weighted by Gasteiger charge is -2.38. The van der Waals surface area contributed by atoms with Gasteiger partial charge in [-0.15, -0.1) is 0 Å². The lowest BCUT2D eigenvalue weighted by Crippen LogP contribution is -2.42. The molecule has 3 heteroatoms. The maximum atomic E-state index is 6.47. The van der Waals surface area contributed by atoms with Crippen LogP contribution in [0.4, 0.5) is 0 Å². The van der Waals surface area contributed by atoms with E-state index in [2.05, 4.69) is 43.0 Å². The number of benzene rings is 3. The van der Waals surface area contributed by atoms with Crippen LogP contribution in [0.25, 0.3) is 0 Å². The summed E-state index contributed by atoms with van der Waals surface area (Å²) in [7, 11) is 0. The normalized spacial score (nSPS) is 21.5. The van der Waals surface area contributed by atoms with Crippen molar-refractivity contribution in [3.05, 3.63) is 120 Å². The summed E-state index contributed by atoms with van der Waals surface area (Å²) < 4.78 is 18.8. The monoisotopic (exact) mass is 400 g/mol. The molecule has 0 aromatic heterocycles. The average molecular weight is 401 g/mol. The first-order chi connectivity index (χ1) is 14.8. The molecule has 0 spiro atoms. The van der Waals surface area contributed by atoms with E-state index in [1.165, 1.54) is 0 Å². The van der Waals surface area contributed by atoms with Crippen molar-refractivity contribution in [1.29, 1.82) is 0 Å². The smallest absolute Gasteiger partial charge is 0.112 e. The molecule has 30 heavy (non-hydrogen) atoms. The van der Waals surface area contributed by atoms with Crippen molar-refractivity contribution in [3.8, 4) is 0 Å². The Morgan fingerprint density at radius 3 is 1.97 bits per heavy atom. The molecule has 4 rings (SSSR count). The summed E-state index contributed by atoms with van der Waals surface area (Å²) in [5.41, 5.74) is 4.50. The van der Waals surface area contributed by atoms with Crippen LogP contribution in [0, 0.1) is 0 Å². The van der Waals surface area contributed by atoms with Gasteiger partial charge < -0.3 is 14.2 Å². The Kier molecular flexibility index (Phi) is 7.09. The average Bonchev–Trinajstić information content (AvgIpc) is 2.80. The Bertz CT molecular complexity index is 909. The zero-order valence-electron chi connectivity index (χ0n) is 17.2. The first-order valence-corrected chi connectivity index (χ1v) is 10.4. The van der Waals surface area contributed by atoms with Gasteiger partial charge in [-0.2, -0.15) is 0 Å². The van der Waals surface area contributed by atoms with Crippen LogP contribution in [-0.4, -0.2) is 18.8 Å². The molecule has 1 fully saturated rings. The highest BCUT2D eigenvalue weighted by molar-refractivity contribution is 5.23. The van der Waals surface area contributed by atoms with Gasteiger partial charge in [0.25, 0.3) is 0 Å². The summed E-state index contributed by atoms with van der Waals surface area (Å²) in [6, 6.07) is 30.7. The molecule has 3 nitrogen and oxygen atoms in total. The molecule has 0 amide bonds. The molecule has 1 aliphatic heterocycles. The SMILES string of the molecule is C=C1C[C@@H](c2ccccc2)O[C@H](COCc2ccccc2)[C@H]1OCc1ccccc1. The van der Waals surface area contributed by atoms with Gasteiger partial charge in [0, 0.05) is 6.42 Å². The Morgan fingerprint density at radius 2 is 1.33 bits per heavy atom. The van der Waals surface area contributed by atoms with Gasteiger partial charge in [0.15, 0.2) is 0 Å². The van der Waals surface area contributed by atoms with E-state index in [1.807, 2.05) is 54.6 Å². The van der Waals surface area contributed by atoms with Crippen LogP contribution in [0.2, 0.25) is 0 Å². The van der Waals surface area contributed by atoms with Crippen molar-refractivity contribution in [2.45, 2.75) is 37.9 Å². The second-order valence-electron chi connectivity index (χ2n) is 7.65. The zero-order chi connectivity index (χ0) is 20.6. The molecule has 0 radical (unpaired) electrons. The van der Waals surface area contributed by atoms with Crippen LogP contribution in [0.15, 0.2) is 103 Å². The van der Waals surface area contributed by atoms with E-state index < -0.39 is 0 Å². The van der Waals surface area contributed by atoms with Crippen molar-refractivity contribution in [3.63, 3.8) is 0 Å². The van der Waals surface area contributed by atoms with Crippen LogP contribution in [0.5, 0.6) is 0 Å². The molecule has 1 saturated heterocycles. The standard InChI is InChI=1S/C27H28O3/c1-21-17-25(24-15-9-4-10-16-24)30-26(20-28-18-22-11-5-2-6-12-22)27(21)29-19-23-13-7-3-8-14-23/h2-16,25-27H,1,17-20H2/t25-,26+,27-/m0/s1. The fourth-order valence-corrected chi connectivity index (χ4v) is 3.79. The largest absolute Gasteiger partial charge is 0.374 e. The van der Waals surface area contributed by atoms with Crippen LogP contribution >= 0.6 is 0 Å². The van der Waals surface area contributed by atoms with E-state index in [-0.39, 0.29) is 18.3 Å². The summed E-state index contributed by atoms with van der Waals surface area (Å²) in [6.45, 7) is 5.87. The second-order valence-corrected chi connectivity index (χ2v) is 7.65. The van der Waals surface area contributed by atoms with E-state index >= 15 is 0 Å². The molecular formula is C27H28O3. The molecule has 1 aliphatic rings. The molecule has 3 aromatic rings. The van der Waals surface area contributed by atoms with Crippen molar-refractivity contribution >= 4 is 0 Å². The van der Waals surface area contributed by atoms with E-state index in [0.717, 1.165) is 28.7 Å². The van der Waals surface area contributed by atoms with E-state index in [4.69, 9.17) is 14.2 Å². The van der Waals surface area contributed by atoms with Crippen LogP contribution in [0.3, 0.4) is 0 Å². The maximum absolute atomic E-state index is 6.47. The highest BCUT2D eigenvalue weighted by Gasteiger charge is 2.35. The Hall–Kier alpha value is -2.72. The highest BCUT2D eigenvalue weighted by Crippen LogP contribution is 2.36. The third-order valence-electron chi connectivity index (χ3n) is 5.36. The van der Waals surface area contributed by atoms with Gasteiger partial charge >= 0.3 is 0 Å². The van der Waals surface area contributed by atoms with Gasteiger partial charge in [0.2, 0.25) is 0 Å². The lowest BCUT2D eigenvalue weighted by molar-refractivity contribution is -0.145. The molecule has 0 bridgehead atoms. The van der Waals surface area contributed by atoms with Crippen molar-refractivity contribution in [2.75, 3.05) is 6.61 Å². The lowest BCUT2D eigenvalue weighted by atomic mass is 9.92. The first kappa shape index (κ1) is 20.5. The van der Waals surface area contributed by atoms with E-state index in [1.54, 1.807) is 0 Å². The number of hydrogen-bond donors (Lipinski definition) is 0. The van der Waals surface area contributed by atoms with Gasteiger partial charge in [-0.05, 0) is 22.3 Å². The zero-order valence-corrected chi connectivity index (χ0v) is 17.2. The Labute approximate surface area is 178 Å². The number of hydrogen-bond acceptors (Lipinski definition) is 3. The Morgan fingerprint density at radius 1 is 0.767 bits per heavy atom. The molecule has 154 valence electrons. The molecule has 0 N–H and O–H groups in total. The number of rotatable bonds is 8. The van der Waals surface area contributed by atoms with Crippen molar-refractivity contribution < 1.29 is 14.2 Å². The predicted molar refractivity (Wildman–Crippen MR) is 119 cm³/mol. The minimum Gasteiger partial charge on any atom is -0.374 e. The fraction of sp³-hybridized carbons (Fsp3) is 0.259. The van der Waals surface area contributed by atoms with Gasteiger partial charge in [0.1, 0.15) is 12.2 Å². The molecule has 3 atom stereocenters. The molecule has 1 heterocycles. The summed E-state index contributed by atoms with van der Waals surface area (Å²) in [5, 5.41) is 0. The fourth-order valence-electron chi connectivity index (χ4n) is 3.79. The quantitative estimate of drug-likeness (QED) is 0.442. The van der Waals surface area contributed by atoms with Crippen LogP contribution < -0.4 is 0 Å². The molecule has 0 unspecified atom stereocenters. The van der Waals surface area contributed by atoms with Crippen LogP contribution in [0.1, 0.15) is 29.2 Å². The summed E-state index contributed by atoms with van der Waals surface area (Å²) >= 11 is 0. The highest BCUT2D eigenvalue weighted by atomic mass is 16.6. The van der Waals surface area contributed by atoms with Crippen molar-refractivity contribution in [2.24, 2.45) is 0 Å². The third-order valence-corrected chi connectivity index (χ3v) is 5.36. The van der Waals surface area contributed by atoms with Gasteiger partial charge in [-0.1, -0.05) is 97.6 Å². The molecular weight excluding hydrogens is 372 g/mol.